The molecule has 120 valence electrons. The number of amides is 3. The van der Waals surface area contributed by atoms with Crippen molar-refractivity contribution in [3.8, 4) is 11.5 Å². The Kier molecular flexibility index (Phi) is 5.63. The van der Waals surface area contributed by atoms with Crippen molar-refractivity contribution in [2.24, 2.45) is 0 Å². The molecule has 1 aliphatic heterocycles. The van der Waals surface area contributed by atoms with Crippen LogP contribution in [0, 0.1) is 0 Å². The summed E-state index contributed by atoms with van der Waals surface area (Å²) in [6.07, 6.45) is 2.61. The molecule has 3 amide bonds. The van der Waals surface area contributed by atoms with Gasteiger partial charge in [-0.25, -0.2) is 4.79 Å². The summed E-state index contributed by atoms with van der Waals surface area (Å²) in [5, 5.41) is 2.72. The van der Waals surface area contributed by atoms with Crippen LogP contribution in [0.4, 0.5) is 4.79 Å². The molecule has 1 heterocycles. The van der Waals surface area contributed by atoms with Crippen molar-refractivity contribution in [1.82, 2.24) is 10.2 Å². The lowest BCUT2D eigenvalue weighted by molar-refractivity contribution is -0.127. The van der Waals surface area contributed by atoms with Crippen molar-refractivity contribution in [2.75, 3.05) is 20.3 Å². The van der Waals surface area contributed by atoms with E-state index in [2.05, 4.69) is 12.2 Å². The zero-order valence-corrected chi connectivity index (χ0v) is 13.0. The largest absolute Gasteiger partial charge is 0.497 e. The van der Waals surface area contributed by atoms with Gasteiger partial charge in [-0.05, 0) is 18.6 Å². The number of carbonyl (C=O) groups excluding carboxylic acids is 2. The van der Waals surface area contributed by atoms with Crippen LogP contribution in [0.15, 0.2) is 24.3 Å². The Hall–Kier alpha value is -2.24. The number of hydrogen-bond acceptors (Lipinski definition) is 4. The van der Waals surface area contributed by atoms with E-state index in [-0.39, 0.29) is 31.1 Å². The second-order valence-electron chi connectivity index (χ2n) is 5.16. The van der Waals surface area contributed by atoms with Crippen LogP contribution in [0.1, 0.15) is 26.2 Å². The highest BCUT2D eigenvalue weighted by Crippen LogP contribution is 2.19. The van der Waals surface area contributed by atoms with Crippen LogP contribution in [-0.2, 0) is 4.79 Å². The van der Waals surface area contributed by atoms with E-state index in [0.717, 1.165) is 12.8 Å². The molecule has 6 nitrogen and oxygen atoms in total. The monoisotopic (exact) mass is 306 g/mol. The Morgan fingerprint density at radius 3 is 2.77 bits per heavy atom. The highest BCUT2D eigenvalue weighted by Gasteiger charge is 2.36. The van der Waals surface area contributed by atoms with Crippen molar-refractivity contribution in [3.63, 3.8) is 0 Å². The minimum atomic E-state index is -0.385. The lowest BCUT2D eigenvalue weighted by Crippen LogP contribution is -2.35. The molecule has 0 aliphatic carbocycles. The summed E-state index contributed by atoms with van der Waals surface area (Å²) in [6, 6.07) is 6.49. The molecule has 1 fully saturated rings. The molecule has 1 N–H and O–H groups in total. The Balaban J connectivity index is 1.83. The molecule has 1 saturated heterocycles. The smallest absolute Gasteiger partial charge is 0.324 e. The van der Waals surface area contributed by atoms with Gasteiger partial charge in [-0.1, -0.05) is 25.8 Å². The summed E-state index contributed by atoms with van der Waals surface area (Å²) in [7, 11) is 1.59. The zero-order valence-electron chi connectivity index (χ0n) is 13.0. The number of rotatable bonds is 8. The summed E-state index contributed by atoms with van der Waals surface area (Å²) in [6.45, 7) is 2.55. The fraction of sp³-hybridized carbons (Fsp3) is 0.500. The summed E-state index contributed by atoms with van der Waals surface area (Å²) >= 11 is 0. The molecule has 0 aromatic heterocycles. The van der Waals surface area contributed by atoms with Crippen LogP contribution in [0.2, 0.25) is 0 Å². The van der Waals surface area contributed by atoms with Gasteiger partial charge < -0.3 is 14.8 Å². The number of unbranched alkanes of at least 4 members (excludes halogenated alkanes) is 1. The van der Waals surface area contributed by atoms with Crippen molar-refractivity contribution in [2.45, 2.75) is 32.2 Å². The molecule has 0 bridgehead atoms. The number of benzene rings is 1. The minimum absolute atomic E-state index is 0.160. The Bertz CT molecular complexity index is 533. The number of methoxy groups -OCH3 is 1. The molecule has 2 rings (SSSR count). The average Bonchev–Trinajstić information content (AvgIpc) is 2.80. The first kappa shape index (κ1) is 16.1. The van der Waals surface area contributed by atoms with Gasteiger partial charge in [0.2, 0.25) is 0 Å². The van der Waals surface area contributed by atoms with E-state index in [9.17, 15) is 9.59 Å². The third-order valence-corrected chi connectivity index (χ3v) is 3.58. The summed E-state index contributed by atoms with van der Waals surface area (Å²) in [4.78, 5) is 25.2. The second kappa shape index (κ2) is 7.68. The minimum Gasteiger partial charge on any atom is -0.497 e. The zero-order chi connectivity index (χ0) is 15.9. The molecule has 6 heteroatoms. The first-order valence-electron chi connectivity index (χ1n) is 7.54. The number of ether oxygens (including phenoxy) is 2. The molecule has 0 saturated carbocycles. The molecular weight excluding hydrogens is 284 g/mol. The molecule has 1 atom stereocenters. The van der Waals surface area contributed by atoms with Gasteiger partial charge in [-0.2, -0.15) is 0 Å². The van der Waals surface area contributed by atoms with Crippen molar-refractivity contribution in [3.05, 3.63) is 24.3 Å². The molecule has 1 aliphatic rings. The van der Waals surface area contributed by atoms with E-state index in [0.29, 0.717) is 17.9 Å². The number of nitrogens with zero attached hydrogens (tertiary/aromatic N) is 1. The average molecular weight is 306 g/mol. The maximum Gasteiger partial charge on any atom is 0.324 e. The van der Waals surface area contributed by atoms with Gasteiger partial charge in [-0.3, -0.25) is 9.69 Å². The van der Waals surface area contributed by atoms with E-state index < -0.39 is 0 Å². The standard InChI is InChI=1S/C16H22N2O4/c1-3-4-8-14-15(19)18(16(20)17-14)9-10-22-13-7-5-6-12(11-13)21-2/h5-7,11,14H,3-4,8-10H2,1-2H3,(H,17,20). The van der Waals surface area contributed by atoms with Crippen molar-refractivity contribution < 1.29 is 19.1 Å². The van der Waals surface area contributed by atoms with Gasteiger partial charge in [0, 0.05) is 6.07 Å². The van der Waals surface area contributed by atoms with Crippen LogP contribution in [0.5, 0.6) is 11.5 Å². The molecular formula is C16H22N2O4. The number of carbonyl (C=O) groups is 2. The predicted molar refractivity (Wildman–Crippen MR) is 82.0 cm³/mol. The number of hydrogen-bond donors (Lipinski definition) is 1. The van der Waals surface area contributed by atoms with Crippen molar-refractivity contribution in [1.29, 1.82) is 0 Å². The Morgan fingerprint density at radius 2 is 2.05 bits per heavy atom. The van der Waals surface area contributed by atoms with Crippen LogP contribution >= 0.6 is 0 Å². The third-order valence-electron chi connectivity index (χ3n) is 3.58. The van der Waals surface area contributed by atoms with E-state index in [1.54, 1.807) is 19.2 Å². The Labute approximate surface area is 130 Å². The quantitative estimate of drug-likeness (QED) is 0.748. The maximum absolute atomic E-state index is 12.1. The van der Waals surface area contributed by atoms with Gasteiger partial charge >= 0.3 is 6.03 Å². The molecule has 0 spiro atoms. The van der Waals surface area contributed by atoms with E-state index in [1.165, 1.54) is 4.90 Å². The third kappa shape index (κ3) is 3.90. The van der Waals surface area contributed by atoms with Gasteiger partial charge in [0.1, 0.15) is 24.1 Å². The normalized spacial score (nSPS) is 17.5. The van der Waals surface area contributed by atoms with Crippen LogP contribution in [0.3, 0.4) is 0 Å². The molecule has 1 aromatic carbocycles. The van der Waals surface area contributed by atoms with E-state index in [1.807, 2.05) is 12.1 Å². The number of nitrogens with one attached hydrogen (secondary N) is 1. The highest BCUT2D eigenvalue weighted by atomic mass is 16.5. The van der Waals surface area contributed by atoms with Crippen LogP contribution in [0.25, 0.3) is 0 Å². The first-order valence-corrected chi connectivity index (χ1v) is 7.54. The fourth-order valence-corrected chi connectivity index (χ4v) is 2.34. The van der Waals surface area contributed by atoms with Gasteiger partial charge in [0.25, 0.3) is 5.91 Å². The summed E-state index contributed by atoms with van der Waals surface area (Å²) in [5.74, 6) is 1.19. The van der Waals surface area contributed by atoms with Crippen LogP contribution < -0.4 is 14.8 Å². The highest BCUT2D eigenvalue weighted by molar-refractivity contribution is 6.04. The lowest BCUT2D eigenvalue weighted by Gasteiger charge is -2.14. The van der Waals surface area contributed by atoms with Crippen molar-refractivity contribution >= 4 is 11.9 Å². The Morgan fingerprint density at radius 1 is 1.27 bits per heavy atom. The molecule has 0 radical (unpaired) electrons. The van der Waals surface area contributed by atoms with Gasteiger partial charge in [0.05, 0.1) is 13.7 Å². The second-order valence-corrected chi connectivity index (χ2v) is 5.16. The lowest BCUT2D eigenvalue weighted by atomic mass is 10.1. The molecule has 1 unspecified atom stereocenters. The van der Waals surface area contributed by atoms with E-state index >= 15 is 0 Å². The predicted octanol–water partition coefficient (Wildman–Crippen LogP) is 2.18. The summed E-state index contributed by atoms with van der Waals surface area (Å²) < 4.78 is 10.7. The fourth-order valence-electron chi connectivity index (χ4n) is 2.34. The first-order chi connectivity index (χ1) is 10.7. The number of urea groups is 1. The maximum atomic E-state index is 12.1. The summed E-state index contributed by atoms with van der Waals surface area (Å²) in [5.41, 5.74) is 0. The molecule has 22 heavy (non-hydrogen) atoms. The number of imide groups is 1. The SMILES string of the molecule is CCCCC1NC(=O)N(CCOc2cccc(OC)c2)C1=O. The van der Waals surface area contributed by atoms with Gasteiger partial charge in [-0.15, -0.1) is 0 Å². The topological polar surface area (TPSA) is 67.9 Å². The van der Waals surface area contributed by atoms with E-state index in [4.69, 9.17) is 9.47 Å². The van der Waals surface area contributed by atoms with Gasteiger partial charge in [0.15, 0.2) is 0 Å². The van der Waals surface area contributed by atoms with Crippen LogP contribution in [-0.4, -0.2) is 43.1 Å². The molecule has 1 aromatic rings.